The molecular weight excluding hydrogens is 376 g/mol. The SMILES string of the molecule is CN(C)S(=O)(=O)c1ccc(C(=O)OCC(=O)c2ccc([N+](=O)[O-])cc2)cc1. The normalized spacial score (nSPS) is 11.2. The quantitative estimate of drug-likeness (QED) is 0.305. The van der Waals surface area contributed by atoms with Crippen LogP contribution >= 0.6 is 0 Å². The van der Waals surface area contributed by atoms with E-state index >= 15 is 0 Å². The maximum Gasteiger partial charge on any atom is 0.338 e. The maximum atomic E-state index is 12.0. The highest BCUT2D eigenvalue weighted by atomic mass is 32.2. The van der Waals surface area contributed by atoms with Gasteiger partial charge in [0.25, 0.3) is 5.69 Å². The Bertz CT molecular complexity index is 965. The molecule has 0 saturated heterocycles. The average molecular weight is 392 g/mol. The van der Waals surface area contributed by atoms with Crippen LogP contribution in [0.3, 0.4) is 0 Å². The van der Waals surface area contributed by atoms with Crippen molar-refractivity contribution in [1.82, 2.24) is 4.31 Å². The van der Waals surface area contributed by atoms with Crippen molar-refractivity contribution in [2.24, 2.45) is 0 Å². The van der Waals surface area contributed by atoms with E-state index in [1.165, 1.54) is 62.6 Å². The fourth-order valence-corrected chi connectivity index (χ4v) is 2.94. The van der Waals surface area contributed by atoms with Crippen molar-refractivity contribution >= 4 is 27.5 Å². The first kappa shape index (κ1) is 20.2. The highest BCUT2D eigenvalue weighted by molar-refractivity contribution is 7.89. The lowest BCUT2D eigenvalue weighted by Gasteiger charge is -2.11. The number of nitro benzene ring substituents is 1. The van der Waals surface area contributed by atoms with Gasteiger partial charge >= 0.3 is 5.97 Å². The Morgan fingerprint density at radius 3 is 2.00 bits per heavy atom. The van der Waals surface area contributed by atoms with Crippen LogP contribution in [0.25, 0.3) is 0 Å². The van der Waals surface area contributed by atoms with Gasteiger partial charge in [-0.05, 0) is 36.4 Å². The molecular formula is C17H16N2O7S. The van der Waals surface area contributed by atoms with E-state index in [9.17, 15) is 28.1 Å². The molecule has 0 unspecified atom stereocenters. The second-order valence-electron chi connectivity index (χ2n) is 5.62. The Hall–Kier alpha value is -3.11. The Morgan fingerprint density at radius 1 is 1.00 bits per heavy atom. The first-order chi connectivity index (χ1) is 12.6. The van der Waals surface area contributed by atoms with Gasteiger partial charge in [-0.15, -0.1) is 0 Å². The molecule has 2 aromatic rings. The van der Waals surface area contributed by atoms with Crippen LogP contribution in [0, 0.1) is 10.1 Å². The van der Waals surface area contributed by atoms with Crippen LogP contribution < -0.4 is 0 Å². The van der Waals surface area contributed by atoms with Crippen molar-refractivity contribution in [2.75, 3.05) is 20.7 Å². The van der Waals surface area contributed by atoms with Crippen LogP contribution in [-0.2, 0) is 14.8 Å². The van der Waals surface area contributed by atoms with Crippen molar-refractivity contribution in [3.05, 3.63) is 69.8 Å². The summed E-state index contributed by atoms with van der Waals surface area (Å²) in [6, 6.07) is 10.0. The van der Waals surface area contributed by atoms with Crippen molar-refractivity contribution in [1.29, 1.82) is 0 Å². The minimum absolute atomic E-state index is 0.0195. The largest absolute Gasteiger partial charge is 0.454 e. The van der Waals surface area contributed by atoms with E-state index in [-0.39, 0.29) is 21.7 Å². The van der Waals surface area contributed by atoms with Crippen molar-refractivity contribution in [2.45, 2.75) is 4.90 Å². The molecule has 2 aromatic carbocycles. The number of hydrogen-bond donors (Lipinski definition) is 0. The topological polar surface area (TPSA) is 124 Å². The van der Waals surface area contributed by atoms with Gasteiger partial charge in [-0.2, -0.15) is 0 Å². The summed E-state index contributed by atoms with van der Waals surface area (Å²) < 4.78 is 29.9. The lowest BCUT2D eigenvalue weighted by molar-refractivity contribution is -0.384. The molecule has 0 N–H and O–H groups in total. The third-order valence-corrected chi connectivity index (χ3v) is 5.43. The second kappa shape index (κ2) is 8.06. The van der Waals surface area contributed by atoms with Crippen molar-refractivity contribution in [3.63, 3.8) is 0 Å². The zero-order chi connectivity index (χ0) is 20.2. The molecule has 0 bridgehead atoms. The van der Waals surface area contributed by atoms with Gasteiger partial charge in [0.1, 0.15) is 0 Å². The number of rotatable bonds is 7. The summed E-state index contributed by atoms with van der Waals surface area (Å²) in [6.07, 6.45) is 0. The molecule has 0 heterocycles. The zero-order valence-corrected chi connectivity index (χ0v) is 15.3. The zero-order valence-electron chi connectivity index (χ0n) is 14.5. The minimum Gasteiger partial charge on any atom is -0.454 e. The highest BCUT2D eigenvalue weighted by Crippen LogP contribution is 2.15. The molecule has 0 amide bonds. The molecule has 0 aromatic heterocycles. The van der Waals surface area contributed by atoms with Crippen LogP contribution in [0.1, 0.15) is 20.7 Å². The predicted molar refractivity (Wildman–Crippen MR) is 95.0 cm³/mol. The smallest absolute Gasteiger partial charge is 0.338 e. The van der Waals surface area contributed by atoms with Crippen LogP contribution in [-0.4, -0.2) is 50.1 Å². The van der Waals surface area contributed by atoms with Crippen LogP contribution in [0.4, 0.5) is 5.69 Å². The molecule has 0 atom stereocenters. The number of carbonyl (C=O) groups excluding carboxylic acids is 2. The van der Waals surface area contributed by atoms with E-state index in [0.29, 0.717) is 0 Å². The standard InChI is InChI=1S/C17H16N2O7S/c1-18(2)27(24,25)15-9-5-13(6-10-15)17(21)26-11-16(20)12-3-7-14(8-4-12)19(22)23/h3-10H,11H2,1-2H3. The number of nitrogens with zero attached hydrogens (tertiary/aromatic N) is 2. The molecule has 10 heteroatoms. The summed E-state index contributed by atoms with van der Waals surface area (Å²) in [5.41, 5.74) is 0.0985. The van der Waals surface area contributed by atoms with Gasteiger partial charge in [-0.3, -0.25) is 14.9 Å². The van der Waals surface area contributed by atoms with E-state index in [2.05, 4.69) is 0 Å². The first-order valence-electron chi connectivity index (χ1n) is 7.60. The van der Waals surface area contributed by atoms with Gasteiger partial charge in [0.05, 0.1) is 15.4 Å². The average Bonchev–Trinajstić information content (AvgIpc) is 2.65. The van der Waals surface area contributed by atoms with E-state index in [1.54, 1.807) is 0 Å². The van der Waals surface area contributed by atoms with E-state index in [0.717, 1.165) is 4.31 Å². The molecule has 0 aliphatic rings. The minimum atomic E-state index is -3.61. The number of non-ortho nitro benzene ring substituents is 1. The first-order valence-corrected chi connectivity index (χ1v) is 9.04. The van der Waals surface area contributed by atoms with E-state index < -0.39 is 33.3 Å². The van der Waals surface area contributed by atoms with Gasteiger partial charge in [0.2, 0.25) is 10.0 Å². The van der Waals surface area contributed by atoms with Gasteiger partial charge in [-0.1, -0.05) is 0 Å². The lowest BCUT2D eigenvalue weighted by Crippen LogP contribution is -2.22. The van der Waals surface area contributed by atoms with Gasteiger partial charge < -0.3 is 4.74 Å². The number of sulfonamides is 1. The molecule has 0 spiro atoms. The van der Waals surface area contributed by atoms with Gasteiger partial charge in [0, 0.05) is 31.8 Å². The Balaban J connectivity index is 2.01. The summed E-state index contributed by atoms with van der Waals surface area (Å²) >= 11 is 0. The summed E-state index contributed by atoms with van der Waals surface area (Å²) in [5.74, 6) is -1.32. The highest BCUT2D eigenvalue weighted by Gasteiger charge is 2.18. The second-order valence-corrected chi connectivity index (χ2v) is 7.77. The third-order valence-electron chi connectivity index (χ3n) is 3.60. The van der Waals surface area contributed by atoms with Crippen LogP contribution in [0.2, 0.25) is 0 Å². The molecule has 142 valence electrons. The van der Waals surface area contributed by atoms with Crippen molar-refractivity contribution < 1.29 is 27.7 Å². The lowest BCUT2D eigenvalue weighted by atomic mass is 10.1. The summed E-state index contributed by atoms with van der Waals surface area (Å²) in [7, 11) is -0.831. The Labute approximate surface area is 155 Å². The number of benzene rings is 2. The maximum absolute atomic E-state index is 12.0. The number of Topliss-reactive ketones (excluding diaryl/α,β-unsaturated/α-hetero) is 1. The Kier molecular flexibility index (Phi) is 6.03. The van der Waals surface area contributed by atoms with E-state index in [4.69, 9.17) is 4.74 Å². The summed E-state index contributed by atoms with van der Waals surface area (Å²) in [6.45, 7) is -0.547. The predicted octanol–water partition coefficient (Wildman–Crippen LogP) is 1.88. The van der Waals surface area contributed by atoms with Crippen LogP contribution in [0.15, 0.2) is 53.4 Å². The molecule has 27 heavy (non-hydrogen) atoms. The molecule has 0 fully saturated rings. The summed E-state index contributed by atoms with van der Waals surface area (Å²) in [4.78, 5) is 34.0. The van der Waals surface area contributed by atoms with E-state index in [1.807, 2.05) is 0 Å². The molecule has 2 rings (SSSR count). The number of esters is 1. The Morgan fingerprint density at radius 2 is 1.52 bits per heavy atom. The molecule has 9 nitrogen and oxygen atoms in total. The number of nitro groups is 1. The number of ketones is 1. The van der Waals surface area contributed by atoms with Gasteiger partial charge in [-0.25, -0.2) is 17.5 Å². The van der Waals surface area contributed by atoms with Crippen LogP contribution in [0.5, 0.6) is 0 Å². The molecule has 0 radical (unpaired) electrons. The monoisotopic (exact) mass is 392 g/mol. The molecule has 0 saturated carbocycles. The number of ether oxygens (including phenoxy) is 1. The molecule has 0 aliphatic carbocycles. The summed E-state index contributed by atoms with van der Waals surface area (Å²) in [5, 5.41) is 10.6. The fourth-order valence-electron chi connectivity index (χ4n) is 2.04. The number of hydrogen-bond acceptors (Lipinski definition) is 7. The van der Waals surface area contributed by atoms with Crippen molar-refractivity contribution in [3.8, 4) is 0 Å². The van der Waals surface area contributed by atoms with Gasteiger partial charge in [0.15, 0.2) is 12.4 Å². The third kappa shape index (κ3) is 4.74. The fraction of sp³-hybridized carbons (Fsp3) is 0.176. The number of carbonyl (C=O) groups is 2. The molecule has 0 aliphatic heterocycles.